The molecule has 0 unspecified atom stereocenters. The first-order valence-electron chi connectivity index (χ1n) is 6.58. The molecule has 2 rings (SSSR count). The second-order valence-corrected chi connectivity index (χ2v) is 5.28. The van der Waals surface area contributed by atoms with Gasteiger partial charge in [-0.3, -0.25) is 9.88 Å². The molecule has 18 heavy (non-hydrogen) atoms. The van der Waals surface area contributed by atoms with Crippen molar-refractivity contribution >= 4 is 11.6 Å². The zero-order valence-electron chi connectivity index (χ0n) is 10.9. The number of aromatic nitrogens is 1. The molecule has 0 amide bonds. The fourth-order valence-electron chi connectivity index (χ4n) is 2.41. The summed E-state index contributed by atoms with van der Waals surface area (Å²) in [4.78, 5) is 6.71. The number of nitrogens with zero attached hydrogens (tertiary/aromatic N) is 2. The molecule has 0 aromatic carbocycles. The largest absolute Gasteiger partial charge is 0.377 e. The Bertz CT molecular complexity index is 365. The fraction of sp³-hybridized carbons (Fsp3) is 0.643. The van der Waals surface area contributed by atoms with Gasteiger partial charge in [0.25, 0.3) is 0 Å². The van der Waals surface area contributed by atoms with Gasteiger partial charge >= 0.3 is 0 Å². The lowest BCUT2D eigenvalue weighted by atomic mass is 10.1. The first-order valence-corrected chi connectivity index (χ1v) is 7.12. The van der Waals surface area contributed by atoms with Crippen LogP contribution in [0.2, 0.25) is 0 Å². The summed E-state index contributed by atoms with van der Waals surface area (Å²) in [6, 6.07) is 2.21. The smallest absolute Gasteiger partial charge is 0.0605 e. The molecular formula is C14H21ClN2O. The van der Waals surface area contributed by atoms with Gasteiger partial charge in [0.1, 0.15) is 0 Å². The van der Waals surface area contributed by atoms with Crippen molar-refractivity contribution in [2.45, 2.75) is 32.4 Å². The van der Waals surface area contributed by atoms with Gasteiger partial charge in [-0.15, -0.1) is 11.6 Å². The summed E-state index contributed by atoms with van der Waals surface area (Å²) in [5.41, 5.74) is 2.53. The van der Waals surface area contributed by atoms with Crippen LogP contribution in [0, 0.1) is 6.92 Å². The Morgan fingerprint density at radius 3 is 2.83 bits per heavy atom. The summed E-state index contributed by atoms with van der Waals surface area (Å²) < 4.78 is 5.68. The molecule has 100 valence electrons. The molecule has 1 aromatic rings. The van der Waals surface area contributed by atoms with Gasteiger partial charge < -0.3 is 4.74 Å². The monoisotopic (exact) mass is 268 g/mol. The number of piperidine rings is 1. The van der Waals surface area contributed by atoms with Crippen molar-refractivity contribution < 1.29 is 4.74 Å². The number of pyridine rings is 1. The average molecular weight is 269 g/mol. The first-order chi connectivity index (χ1) is 8.78. The van der Waals surface area contributed by atoms with E-state index in [2.05, 4.69) is 22.9 Å². The molecule has 4 heteroatoms. The van der Waals surface area contributed by atoms with Crippen LogP contribution in [0.15, 0.2) is 18.5 Å². The van der Waals surface area contributed by atoms with Gasteiger partial charge in [0, 0.05) is 37.9 Å². The lowest BCUT2D eigenvalue weighted by Gasteiger charge is -2.31. The van der Waals surface area contributed by atoms with E-state index in [-0.39, 0.29) is 0 Å². The van der Waals surface area contributed by atoms with Crippen molar-refractivity contribution in [3.05, 3.63) is 29.6 Å². The van der Waals surface area contributed by atoms with Crippen LogP contribution in [0.1, 0.15) is 24.0 Å². The second kappa shape index (κ2) is 7.07. The highest BCUT2D eigenvalue weighted by atomic mass is 35.5. The van der Waals surface area contributed by atoms with Gasteiger partial charge in [-0.1, -0.05) is 6.07 Å². The van der Waals surface area contributed by atoms with E-state index in [9.17, 15) is 0 Å². The summed E-state index contributed by atoms with van der Waals surface area (Å²) in [6.07, 6.45) is 6.47. The normalized spacial score (nSPS) is 18.1. The fourth-order valence-corrected chi connectivity index (χ4v) is 2.50. The predicted molar refractivity (Wildman–Crippen MR) is 73.9 cm³/mol. The quantitative estimate of drug-likeness (QED) is 0.768. The molecule has 1 aliphatic heterocycles. The van der Waals surface area contributed by atoms with E-state index in [4.69, 9.17) is 16.3 Å². The third-order valence-corrected chi connectivity index (χ3v) is 3.46. The molecule has 3 nitrogen and oxygen atoms in total. The Morgan fingerprint density at radius 2 is 2.17 bits per heavy atom. The molecule has 1 fully saturated rings. The lowest BCUT2D eigenvalue weighted by Crippen LogP contribution is -2.36. The zero-order chi connectivity index (χ0) is 12.8. The highest BCUT2D eigenvalue weighted by molar-refractivity contribution is 6.17. The molecule has 0 N–H and O–H groups in total. The van der Waals surface area contributed by atoms with Gasteiger partial charge in [0.05, 0.1) is 12.7 Å². The standard InChI is InChI=1S/C14H21ClN2O/c1-12-8-13(10-16-9-12)11-17-5-2-14(3-6-17)18-7-4-15/h8-10,14H,2-7,11H2,1H3. The minimum absolute atomic E-state index is 0.399. The summed E-state index contributed by atoms with van der Waals surface area (Å²) in [7, 11) is 0. The van der Waals surface area contributed by atoms with Crippen LogP contribution in [0.25, 0.3) is 0 Å². The number of hydrogen-bond donors (Lipinski definition) is 0. The van der Waals surface area contributed by atoms with Crippen LogP contribution < -0.4 is 0 Å². The first kappa shape index (κ1) is 13.8. The third kappa shape index (κ3) is 4.23. The van der Waals surface area contributed by atoms with Gasteiger partial charge in [-0.05, 0) is 30.9 Å². The Kier molecular flexibility index (Phi) is 5.42. The Balaban J connectivity index is 1.76. The molecule has 0 atom stereocenters. The molecule has 2 heterocycles. The van der Waals surface area contributed by atoms with Crippen LogP contribution >= 0.6 is 11.6 Å². The van der Waals surface area contributed by atoms with Crippen LogP contribution in [0.3, 0.4) is 0 Å². The Hall–Kier alpha value is -0.640. The van der Waals surface area contributed by atoms with E-state index in [0.29, 0.717) is 18.6 Å². The van der Waals surface area contributed by atoms with E-state index < -0.39 is 0 Å². The van der Waals surface area contributed by atoms with Crippen molar-refractivity contribution in [2.24, 2.45) is 0 Å². The number of aryl methyl sites for hydroxylation is 1. The van der Waals surface area contributed by atoms with E-state index in [1.165, 1.54) is 11.1 Å². The summed E-state index contributed by atoms with van der Waals surface area (Å²) >= 11 is 5.63. The van der Waals surface area contributed by atoms with Gasteiger partial charge in [-0.25, -0.2) is 0 Å². The number of halogens is 1. The van der Waals surface area contributed by atoms with E-state index >= 15 is 0 Å². The van der Waals surface area contributed by atoms with Gasteiger partial charge in [0.2, 0.25) is 0 Å². The van der Waals surface area contributed by atoms with Crippen LogP contribution in [-0.2, 0) is 11.3 Å². The minimum Gasteiger partial charge on any atom is -0.377 e. The number of alkyl halides is 1. The molecule has 0 bridgehead atoms. The molecule has 0 aliphatic carbocycles. The predicted octanol–water partition coefficient (Wildman–Crippen LogP) is 2.61. The third-order valence-electron chi connectivity index (χ3n) is 3.30. The van der Waals surface area contributed by atoms with Crippen LogP contribution in [0.5, 0.6) is 0 Å². The number of hydrogen-bond acceptors (Lipinski definition) is 3. The Labute approximate surface area is 114 Å². The van der Waals surface area contributed by atoms with Gasteiger partial charge in [-0.2, -0.15) is 0 Å². The molecule has 1 aliphatic rings. The highest BCUT2D eigenvalue weighted by Crippen LogP contribution is 2.16. The van der Waals surface area contributed by atoms with Crippen molar-refractivity contribution in [1.82, 2.24) is 9.88 Å². The molecule has 0 radical (unpaired) electrons. The van der Waals surface area contributed by atoms with E-state index in [1.54, 1.807) is 0 Å². The number of likely N-dealkylation sites (tertiary alicyclic amines) is 1. The van der Waals surface area contributed by atoms with E-state index in [0.717, 1.165) is 32.5 Å². The maximum atomic E-state index is 5.68. The molecule has 1 aromatic heterocycles. The molecular weight excluding hydrogens is 248 g/mol. The number of rotatable bonds is 5. The van der Waals surface area contributed by atoms with Crippen molar-refractivity contribution in [3.8, 4) is 0 Å². The second-order valence-electron chi connectivity index (χ2n) is 4.91. The average Bonchev–Trinajstić information content (AvgIpc) is 2.38. The molecule has 0 saturated carbocycles. The van der Waals surface area contributed by atoms with Crippen LogP contribution in [0.4, 0.5) is 0 Å². The maximum Gasteiger partial charge on any atom is 0.0605 e. The topological polar surface area (TPSA) is 25.4 Å². The highest BCUT2D eigenvalue weighted by Gasteiger charge is 2.19. The maximum absolute atomic E-state index is 5.68. The van der Waals surface area contributed by atoms with Crippen molar-refractivity contribution in [1.29, 1.82) is 0 Å². The van der Waals surface area contributed by atoms with Crippen molar-refractivity contribution in [3.63, 3.8) is 0 Å². The Morgan fingerprint density at radius 1 is 1.39 bits per heavy atom. The summed E-state index contributed by atoms with van der Waals surface area (Å²) in [5, 5.41) is 0. The molecule has 1 saturated heterocycles. The molecule has 0 spiro atoms. The van der Waals surface area contributed by atoms with E-state index in [1.807, 2.05) is 12.4 Å². The summed E-state index contributed by atoms with van der Waals surface area (Å²) in [5.74, 6) is 0.592. The summed E-state index contributed by atoms with van der Waals surface area (Å²) in [6.45, 7) is 5.95. The van der Waals surface area contributed by atoms with Crippen molar-refractivity contribution in [2.75, 3.05) is 25.6 Å². The van der Waals surface area contributed by atoms with Crippen LogP contribution in [-0.4, -0.2) is 41.6 Å². The lowest BCUT2D eigenvalue weighted by molar-refractivity contribution is 0.0134. The minimum atomic E-state index is 0.399. The SMILES string of the molecule is Cc1cncc(CN2CCC(OCCCl)CC2)c1. The zero-order valence-corrected chi connectivity index (χ0v) is 11.7. The van der Waals surface area contributed by atoms with Gasteiger partial charge in [0.15, 0.2) is 0 Å². The number of ether oxygens (including phenoxy) is 1.